The normalized spacial score (nSPS) is 11.7. The van der Waals surface area contributed by atoms with E-state index in [-0.39, 0.29) is 0 Å². The summed E-state index contributed by atoms with van der Waals surface area (Å²) in [4.78, 5) is 24.1. The molecule has 1 aromatic carbocycles. The molecule has 2 N–H and O–H groups in total. The molecular formula is C14H20N2O3. The molecule has 0 radical (unpaired) electrons. The number of aryl methyl sites for hydroxylation is 1. The highest BCUT2D eigenvalue weighted by atomic mass is 16.4. The molecule has 104 valence electrons. The molecule has 5 nitrogen and oxygen atoms in total. The lowest BCUT2D eigenvalue weighted by atomic mass is 10.1. The third kappa shape index (κ3) is 3.98. The van der Waals surface area contributed by atoms with Crippen LogP contribution in [0, 0.1) is 0 Å². The summed E-state index contributed by atoms with van der Waals surface area (Å²) in [5, 5.41) is 11.7. The number of amides is 2. The minimum atomic E-state index is -0.999. The van der Waals surface area contributed by atoms with Crippen LogP contribution in [0.5, 0.6) is 0 Å². The highest BCUT2D eigenvalue weighted by molar-refractivity contribution is 5.92. The van der Waals surface area contributed by atoms with E-state index in [9.17, 15) is 9.59 Å². The molecule has 0 fully saturated rings. The Morgan fingerprint density at radius 1 is 1.26 bits per heavy atom. The molecule has 0 aromatic heterocycles. The fourth-order valence-electron chi connectivity index (χ4n) is 1.79. The quantitative estimate of drug-likeness (QED) is 0.858. The van der Waals surface area contributed by atoms with Crippen LogP contribution in [0.1, 0.15) is 25.8 Å². The fourth-order valence-corrected chi connectivity index (χ4v) is 1.79. The van der Waals surface area contributed by atoms with Gasteiger partial charge in [-0.2, -0.15) is 0 Å². The zero-order chi connectivity index (χ0) is 14.4. The number of aliphatic carboxylic acids is 1. The van der Waals surface area contributed by atoms with Crippen LogP contribution in [0.25, 0.3) is 0 Å². The van der Waals surface area contributed by atoms with Crippen LogP contribution >= 0.6 is 0 Å². The number of likely N-dealkylation sites (N-methyl/N-ethyl adjacent to an activating group) is 1. The Bertz CT molecular complexity index is 443. The number of carbonyl (C=O) groups excluding carboxylic acids is 1. The minimum Gasteiger partial charge on any atom is -0.480 e. The van der Waals surface area contributed by atoms with Gasteiger partial charge in [-0.25, -0.2) is 9.59 Å². The van der Waals surface area contributed by atoms with Gasteiger partial charge in [0.05, 0.1) is 0 Å². The van der Waals surface area contributed by atoms with Gasteiger partial charge in [0.2, 0.25) is 0 Å². The van der Waals surface area contributed by atoms with Gasteiger partial charge in [-0.05, 0) is 30.5 Å². The molecular weight excluding hydrogens is 244 g/mol. The summed E-state index contributed by atoms with van der Waals surface area (Å²) in [6, 6.07) is 6.26. The molecule has 5 heteroatoms. The van der Waals surface area contributed by atoms with E-state index in [0.717, 1.165) is 6.42 Å². The van der Waals surface area contributed by atoms with Gasteiger partial charge in [-0.3, -0.25) is 0 Å². The van der Waals surface area contributed by atoms with E-state index in [2.05, 4.69) is 12.2 Å². The second-order valence-corrected chi connectivity index (χ2v) is 4.35. The SMILES string of the molecule is CCc1ccc(NC(=O)N(C)C(CC)C(=O)O)cc1. The predicted octanol–water partition coefficient (Wildman–Crippen LogP) is 2.58. The van der Waals surface area contributed by atoms with Crippen LogP contribution in [0.2, 0.25) is 0 Å². The van der Waals surface area contributed by atoms with E-state index >= 15 is 0 Å². The van der Waals surface area contributed by atoms with Gasteiger partial charge in [0.1, 0.15) is 6.04 Å². The average Bonchev–Trinajstić information content (AvgIpc) is 2.39. The average molecular weight is 264 g/mol. The molecule has 0 saturated carbocycles. The van der Waals surface area contributed by atoms with Crippen LogP contribution in [0.4, 0.5) is 10.5 Å². The fraction of sp³-hybridized carbons (Fsp3) is 0.429. The number of rotatable bonds is 5. The molecule has 0 spiro atoms. The highest BCUT2D eigenvalue weighted by Gasteiger charge is 2.24. The smallest absolute Gasteiger partial charge is 0.326 e. The Morgan fingerprint density at radius 2 is 1.84 bits per heavy atom. The summed E-state index contributed by atoms with van der Waals surface area (Å²) in [6.45, 7) is 3.79. The maximum absolute atomic E-state index is 11.9. The number of anilines is 1. The number of nitrogens with zero attached hydrogens (tertiary/aromatic N) is 1. The summed E-state index contributed by atoms with van der Waals surface area (Å²) in [7, 11) is 1.48. The predicted molar refractivity (Wildman–Crippen MR) is 74.3 cm³/mol. The Hall–Kier alpha value is -2.04. The van der Waals surface area contributed by atoms with Crippen LogP contribution in [-0.4, -0.2) is 35.1 Å². The van der Waals surface area contributed by atoms with Crippen molar-refractivity contribution in [2.75, 3.05) is 12.4 Å². The van der Waals surface area contributed by atoms with Crippen molar-refractivity contribution in [3.05, 3.63) is 29.8 Å². The van der Waals surface area contributed by atoms with Gasteiger partial charge in [-0.15, -0.1) is 0 Å². The van der Waals surface area contributed by atoms with Gasteiger partial charge in [0.25, 0.3) is 0 Å². The number of benzene rings is 1. The molecule has 0 aliphatic rings. The first kappa shape index (κ1) is 15.0. The van der Waals surface area contributed by atoms with Crippen molar-refractivity contribution in [1.29, 1.82) is 0 Å². The lowest BCUT2D eigenvalue weighted by molar-refractivity contribution is -0.141. The van der Waals surface area contributed by atoms with E-state index in [1.165, 1.54) is 17.5 Å². The molecule has 0 heterocycles. The maximum Gasteiger partial charge on any atom is 0.326 e. The third-order valence-corrected chi connectivity index (χ3v) is 3.07. The lowest BCUT2D eigenvalue weighted by Crippen LogP contribution is -2.44. The number of carbonyl (C=O) groups is 2. The molecule has 1 aromatic rings. The standard InChI is InChI=1S/C14H20N2O3/c1-4-10-6-8-11(9-7-10)15-14(19)16(3)12(5-2)13(17)18/h6-9,12H,4-5H2,1-3H3,(H,15,19)(H,17,18). The first-order valence-electron chi connectivity index (χ1n) is 6.35. The van der Waals surface area contributed by atoms with E-state index in [0.29, 0.717) is 12.1 Å². The van der Waals surface area contributed by atoms with Crippen molar-refractivity contribution in [2.45, 2.75) is 32.7 Å². The van der Waals surface area contributed by atoms with Gasteiger partial charge >= 0.3 is 12.0 Å². The lowest BCUT2D eigenvalue weighted by Gasteiger charge is -2.24. The van der Waals surface area contributed by atoms with E-state index in [1.807, 2.05) is 24.3 Å². The van der Waals surface area contributed by atoms with E-state index in [4.69, 9.17) is 5.11 Å². The number of nitrogens with one attached hydrogen (secondary N) is 1. The summed E-state index contributed by atoms with van der Waals surface area (Å²) in [5.41, 5.74) is 1.85. The van der Waals surface area contributed by atoms with Crippen LogP contribution in [0.15, 0.2) is 24.3 Å². The monoisotopic (exact) mass is 264 g/mol. The summed E-state index contributed by atoms with van der Waals surface area (Å²) in [6.07, 6.45) is 1.30. The number of urea groups is 1. The van der Waals surface area contributed by atoms with Crippen molar-refractivity contribution in [3.8, 4) is 0 Å². The molecule has 1 rings (SSSR count). The van der Waals surface area contributed by atoms with Crippen LogP contribution < -0.4 is 5.32 Å². The highest BCUT2D eigenvalue weighted by Crippen LogP contribution is 2.12. The molecule has 2 amide bonds. The van der Waals surface area contributed by atoms with E-state index in [1.54, 1.807) is 6.92 Å². The van der Waals surface area contributed by atoms with Gasteiger partial charge in [0.15, 0.2) is 0 Å². The second-order valence-electron chi connectivity index (χ2n) is 4.35. The molecule has 0 saturated heterocycles. The van der Waals surface area contributed by atoms with Gasteiger partial charge < -0.3 is 15.3 Å². The number of hydrogen-bond acceptors (Lipinski definition) is 2. The first-order valence-corrected chi connectivity index (χ1v) is 6.35. The molecule has 0 bridgehead atoms. The molecule has 19 heavy (non-hydrogen) atoms. The summed E-state index contributed by atoms with van der Waals surface area (Å²) >= 11 is 0. The molecule has 0 aliphatic heterocycles. The van der Waals surface area contributed by atoms with Crippen molar-refractivity contribution in [2.24, 2.45) is 0 Å². The number of hydrogen-bond donors (Lipinski definition) is 2. The number of carboxylic acids is 1. The van der Waals surface area contributed by atoms with E-state index < -0.39 is 18.0 Å². The molecule has 0 aliphatic carbocycles. The van der Waals surface area contributed by atoms with Crippen molar-refractivity contribution >= 4 is 17.7 Å². The molecule has 1 atom stereocenters. The zero-order valence-corrected chi connectivity index (χ0v) is 11.5. The molecule has 1 unspecified atom stereocenters. The van der Waals surface area contributed by atoms with Crippen molar-refractivity contribution < 1.29 is 14.7 Å². The Balaban J connectivity index is 2.69. The van der Waals surface area contributed by atoms with Crippen LogP contribution in [0.3, 0.4) is 0 Å². The van der Waals surface area contributed by atoms with Crippen molar-refractivity contribution in [1.82, 2.24) is 4.90 Å². The third-order valence-electron chi connectivity index (χ3n) is 3.07. The van der Waals surface area contributed by atoms with Crippen molar-refractivity contribution in [3.63, 3.8) is 0 Å². The first-order chi connectivity index (χ1) is 8.99. The Morgan fingerprint density at radius 3 is 2.26 bits per heavy atom. The maximum atomic E-state index is 11.9. The second kappa shape index (κ2) is 6.78. The van der Waals surface area contributed by atoms with Gasteiger partial charge in [0, 0.05) is 12.7 Å². The topological polar surface area (TPSA) is 69.6 Å². The largest absolute Gasteiger partial charge is 0.480 e. The zero-order valence-electron chi connectivity index (χ0n) is 11.5. The number of carboxylic acid groups (broad SMARTS) is 1. The summed E-state index contributed by atoms with van der Waals surface area (Å²) in [5.74, 6) is -0.999. The van der Waals surface area contributed by atoms with Gasteiger partial charge in [-0.1, -0.05) is 26.0 Å². The Kier molecular flexibility index (Phi) is 5.36. The summed E-state index contributed by atoms with van der Waals surface area (Å²) < 4.78 is 0. The van der Waals surface area contributed by atoms with Crippen LogP contribution in [-0.2, 0) is 11.2 Å². The Labute approximate surface area is 113 Å². The minimum absolute atomic E-state index is 0.369.